The molecule has 0 atom stereocenters. The third-order valence-electron chi connectivity index (χ3n) is 1.67. The summed E-state index contributed by atoms with van der Waals surface area (Å²) >= 11 is 0. The molecule has 0 nitrogen and oxygen atoms in total. The van der Waals surface area contributed by atoms with Crippen molar-refractivity contribution in [3.05, 3.63) is 6.43 Å². The molecule has 1 radical (unpaired) electrons. The highest BCUT2D eigenvalue weighted by Crippen LogP contribution is 2.33. The van der Waals surface area contributed by atoms with Crippen molar-refractivity contribution >= 4 is 0 Å². The average molecular weight is 119 g/mol. The van der Waals surface area contributed by atoms with Crippen molar-refractivity contribution in [1.82, 2.24) is 0 Å². The number of rotatable bonds is 2. The van der Waals surface area contributed by atoms with E-state index in [-0.39, 0.29) is 6.42 Å². The normalized spacial score (nSPS) is 21.4. The molecule has 1 fully saturated rings. The first-order chi connectivity index (χ1) is 3.79. The van der Waals surface area contributed by atoms with Gasteiger partial charge in [-0.05, 0) is 5.92 Å². The van der Waals surface area contributed by atoms with Crippen LogP contribution in [0.2, 0.25) is 0 Å². The van der Waals surface area contributed by atoms with Crippen LogP contribution in [0.3, 0.4) is 0 Å². The molecule has 0 unspecified atom stereocenters. The van der Waals surface area contributed by atoms with Gasteiger partial charge in [0.05, 0.1) is 0 Å². The number of halogens is 2. The van der Waals surface area contributed by atoms with E-state index in [4.69, 9.17) is 0 Å². The Morgan fingerprint density at radius 1 is 1.38 bits per heavy atom. The van der Waals surface area contributed by atoms with Gasteiger partial charge in [0.15, 0.2) is 0 Å². The summed E-state index contributed by atoms with van der Waals surface area (Å²) in [6.07, 6.45) is 1.84. The quantitative estimate of drug-likeness (QED) is 0.524. The fraction of sp³-hybridized carbons (Fsp3) is 0.833. The van der Waals surface area contributed by atoms with Gasteiger partial charge in [0, 0.05) is 6.42 Å². The molecule has 47 valence electrons. The summed E-state index contributed by atoms with van der Waals surface area (Å²) in [5.74, 6) is 0.319. The first-order valence-corrected chi connectivity index (χ1v) is 2.96. The lowest BCUT2D eigenvalue weighted by Gasteiger charge is -2.23. The highest BCUT2D eigenvalue weighted by molar-refractivity contribution is 4.75. The predicted octanol–water partition coefficient (Wildman–Crippen LogP) is 2.61. The van der Waals surface area contributed by atoms with Gasteiger partial charge in [0.2, 0.25) is 0 Å². The van der Waals surface area contributed by atoms with Crippen LogP contribution >= 0.6 is 0 Å². The Kier molecular flexibility index (Phi) is 1.81. The van der Waals surface area contributed by atoms with Gasteiger partial charge in [-0.1, -0.05) is 19.3 Å². The molecule has 0 aromatic heterocycles. The second kappa shape index (κ2) is 2.42. The van der Waals surface area contributed by atoms with Crippen molar-refractivity contribution < 1.29 is 8.78 Å². The van der Waals surface area contributed by atoms with Crippen molar-refractivity contribution in [3.8, 4) is 0 Å². The van der Waals surface area contributed by atoms with Crippen molar-refractivity contribution in [2.24, 2.45) is 5.92 Å². The maximum absolute atomic E-state index is 11.4. The van der Waals surface area contributed by atoms with E-state index >= 15 is 0 Å². The Labute approximate surface area is 47.9 Å². The van der Waals surface area contributed by atoms with E-state index in [1.165, 1.54) is 0 Å². The van der Waals surface area contributed by atoms with Gasteiger partial charge in [-0.3, -0.25) is 0 Å². The summed E-state index contributed by atoms with van der Waals surface area (Å²) in [5, 5.41) is 0. The highest BCUT2D eigenvalue weighted by Gasteiger charge is 2.22. The largest absolute Gasteiger partial charge is 0.310 e. The Balaban J connectivity index is 2.01. The molecule has 2 heteroatoms. The smallest absolute Gasteiger partial charge is 0.200 e. The van der Waals surface area contributed by atoms with E-state index in [1.807, 2.05) is 0 Å². The van der Waals surface area contributed by atoms with Crippen molar-refractivity contribution in [2.45, 2.75) is 25.7 Å². The summed E-state index contributed by atoms with van der Waals surface area (Å²) in [6, 6.07) is 0. The lowest BCUT2D eigenvalue weighted by atomic mass is 9.83. The Hall–Kier alpha value is -0.140. The molecule has 1 rings (SSSR count). The molecule has 0 spiro atoms. The molecule has 8 heavy (non-hydrogen) atoms. The van der Waals surface area contributed by atoms with Crippen LogP contribution < -0.4 is 0 Å². The second-order valence-electron chi connectivity index (χ2n) is 2.34. The van der Waals surface area contributed by atoms with E-state index in [0.717, 1.165) is 19.3 Å². The van der Waals surface area contributed by atoms with Crippen LogP contribution in [0.4, 0.5) is 8.78 Å². The van der Waals surface area contributed by atoms with Crippen LogP contribution in [-0.4, -0.2) is 0 Å². The molecule has 1 aliphatic rings. The fourth-order valence-electron chi connectivity index (χ4n) is 0.915. The van der Waals surface area contributed by atoms with Gasteiger partial charge in [-0.25, -0.2) is 0 Å². The molecule has 1 aliphatic carbocycles. The lowest BCUT2D eigenvalue weighted by Crippen LogP contribution is -2.11. The Morgan fingerprint density at radius 2 is 2.00 bits per heavy atom. The average Bonchev–Trinajstić information content (AvgIpc) is 1.55. The van der Waals surface area contributed by atoms with E-state index in [9.17, 15) is 8.78 Å². The van der Waals surface area contributed by atoms with E-state index in [0.29, 0.717) is 5.92 Å². The minimum absolute atomic E-state index is 0.0556. The summed E-state index contributed by atoms with van der Waals surface area (Å²) in [4.78, 5) is 0. The zero-order valence-electron chi connectivity index (χ0n) is 4.66. The third kappa shape index (κ3) is 1.42. The summed E-state index contributed by atoms with van der Waals surface area (Å²) in [7, 11) is 0. The van der Waals surface area contributed by atoms with Crippen LogP contribution in [0.15, 0.2) is 0 Å². The number of hydrogen-bond donors (Lipinski definition) is 0. The lowest BCUT2D eigenvalue weighted by molar-refractivity contribution is 0.193. The summed E-state index contributed by atoms with van der Waals surface area (Å²) in [5.41, 5.74) is 0. The minimum Gasteiger partial charge on any atom is -0.200 e. The molecule has 0 heterocycles. The zero-order valence-corrected chi connectivity index (χ0v) is 4.66. The zero-order chi connectivity index (χ0) is 5.98. The standard InChI is InChI=1S/C6H9F2/c7-6(8)4-5-2-1-3-5/h5H,1-4H2. The molecule has 0 aromatic carbocycles. The predicted molar refractivity (Wildman–Crippen MR) is 27.4 cm³/mol. The third-order valence-corrected chi connectivity index (χ3v) is 1.67. The molecule has 0 bridgehead atoms. The maximum Gasteiger partial charge on any atom is 0.310 e. The molecule has 0 N–H and O–H groups in total. The molecule has 0 saturated heterocycles. The fourth-order valence-corrected chi connectivity index (χ4v) is 0.915. The van der Waals surface area contributed by atoms with Crippen LogP contribution in [-0.2, 0) is 0 Å². The van der Waals surface area contributed by atoms with Crippen LogP contribution in [0.1, 0.15) is 25.7 Å². The second-order valence-corrected chi connectivity index (χ2v) is 2.34. The molecule has 0 aliphatic heterocycles. The maximum atomic E-state index is 11.4. The van der Waals surface area contributed by atoms with E-state index in [1.54, 1.807) is 0 Å². The van der Waals surface area contributed by atoms with Gasteiger partial charge >= 0.3 is 6.43 Å². The monoisotopic (exact) mass is 119 g/mol. The van der Waals surface area contributed by atoms with E-state index < -0.39 is 6.43 Å². The molecular weight excluding hydrogens is 110 g/mol. The highest BCUT2D eigenvalue weighted by atomic mass is 19.3. The first kappa shape index (κ1) is 5.99. The number of hydrogen-bond acceptors (Lipinski definition) is 0. The molecule has 0 aromatic rings. The van der Waals surface area contributed by atoms with Crippen molar-refractivity contribution in [1.29, 1.82) is 0 Å². The van der Waals surface area contributed by atoms with Crippen molar-refractivity contribution in [3.63, 3.8) is 0 Å². The summed E-state index contributed by atoms with van der Waals surface area (Å²) < 4.78 is 22.8. The van der Waals surface area contributed by atoms with Gasteiger partial charge in [0.1, 0.15) is 0 Å². The first-order valence-electron chi connectivity index (χ1n) is 2.96. The SMILES string of the molecule is F[C](F)CC1CCC1. The van der Waals surface area contributed by atoms with Crippen molar-refractivity contribution in [2.75, 3.05) is 0 Å². The summed E-state index contributed by atoms with van der Waals surface area (Å²) in [6.45, 7) is 0. The van der Waals surface area contributed by atoms with Gasteiger partial charge in [-0.15, -0.1) is 0 Å². The molecule has 0 amide bonds. The van der Waals surface area contributed by atoms with Crippen LogP contribution in [0.5, 0.6) is 0 Å². The molecule has 1 saturated carbocycles. The van der Waals surface area contributed by atoms with E-state index in [2.05, 4.69) is 0 Å². The van der Waals surface area contributed by atoms with Crippen LogP contribution in [0, 0.1) is 12.3 Å². The Morgan fingerprint density at radius 3 is 2.12 bits per heavy atom. The molecular formula is C6H9F2. The minimum atomic E-state index is -1.39. The van der Waals surface area contributed by atoms with Gasteiger partial charge < -0.3 is 0 Å². The topological polar surface area (TPSA) is 0 Å². The van der Waals surface area contributed by atoms with Gasteiger partial charge in [-0.2, -0.15) is 8.78 Å². The van der Waals surface area contributed by atoms with Crippen LogP contribution in [0.25, 0.3) is 0 Å². The Bertz CT molecular complexity index is 66.9. The van der Waals surface area contributed by atoms with Gasteiger partial charge in [0.25, 0.3) is 0 Å².